The zero-order chi connectivity index (χ0) is 11.9. The second-order valence-corrected chi connectivity index (χ2v) is 6.43. The predicted octanol–water partition coefficient (Wildman–Crippen LogP) is 3.11. The highest BCUT2D eigenvalue weighted by Gasteiger charge is 2.56. The molecule has 2 fully saturated rings. The monoisotopic (exact) mass is 226 g/mol. The van der Waals surface area contributed by atoms with Crippen LogP contribution in [0.1, 0.15) is 41.0 Å². The van der Waals surface area contributed by atoms with Gasteiger partial charge in [-0.15, -0.1) is 0 Å². The van der Waals surface area contributed by atoms with E-state index in [2.05, 4.69) is 34.6 Å². The number of hydrogen-bond donors (Lipinski definition) is 0. The summed E-state index contributed by atoms with van der Waals surface area (Å²) in [6.45, 7) is 13.1. The molecule has 16 heavy (non-hydrogen) atoms. The van der Waals surface area contributed by atoms with Crippen LogP contribution in [0, 0.1) is 23.7 Å². The highest BCUT2D eigenvalue weighted by Crippen LogP contribution is 2.50. The van der Waals surface area contributed by atoms with Gasteiger partial charge < -0.3 is 9.47 Å². The van der Waals surface area contributed by atoms with Crippen LogP contribution in [-0.4, -0.2) is 24.9 Å². The summed E-state index contributed by atoms with van der Waals surface area (Å²) >= 11 is 0. The van der Waals surface area contributed by atoms with Gasteiger partial charge in [0.1, 0.15) is 0 Å². The Morgan fingerprint density at radius 2 is 1.94 bits per heavy atom. The summed E-state index contributed by atoms with van der Waals surface area (Å²) < 4.78 is 12.1. The van der Waals surface area contributed by atoms with Gasteiger partial charge >= 0.3 is 0 Å². The summed E-state index contributed by atoms with van der Waals surface area (Å²) in [7, 11) is 0. The molecule has 2 heteroatoms. The molecule has 0 spiro atoms. The lowest BCUT2D eigenvalue weighted by Crippen LogP contribution is -2.49. The van der Waals surface area contributed by atoms with Gasteiger partial charge in [-0.2, -0.15) is 0 Å². The first-order chi connectivity index (χ1) is 7.46. The molecule has 94 valence electrons. The van der Waals surface area contributed by atoms with Crippen LogP contribution in [0.15, 0.2) is 0 Å². The molecule has 4 unspecified atom stereocenters. The van der Waals surface area contributed by atoms with Crippen molar-refractivity contribution in [3.8, 4) is 0 Å². The lowest BCUT2D eigenvalue weighted by molar-refractivity contribution is -0.126. The van der Waals surface area contributed by atoms with E-state index in [-0.39, 0.29) is 5.60 Å². The summed E-state index contributed by atoms with van der Waals surface area (Å²) in [6, 6.07) is 0. The van der Waals surface area contributed by atoms with E-state index in [0.717, 1.165) is 19.6 Å². The molecule has 0 N–H and O–H groups in total. The molecule has 0 aromatic heterocycles. The molecule has 2 aliphatic rings. The van der Waals surface area contributed by atoms with E-state index in [1.54, 1.807) is 0 Å². The Morgan fingerprint density at radius 3 is 2.50 bits per heavy atom. The Kier molecular flexibility index (Phi) is 3.33. The van der Waals surface area contributed by atoms with E-state index in [0.29, 0.717) is 29.8 Å². The van der Waals surface area contributed by atoms with Crippen LogP contribution in [0.25, 0.3) is 0 Å². The summed E-state index contributed by atoms with van der Waals surface area (Å²) in [5.41, 5.74) is 0.00463. The maximum absolute atomic E-state index is 6.33. The van der Waals surface area contributed by atoms with Crippen LogP contribution >= 0.6 is 0 Å². The van der Waals surface area contributed by atoms with Gasteiger partial charge in [-0.25, -0.2) is 0 Å². The average molecular weight is 226 g/mol. The minimum atomic E-state index is 0.00463. The normalized spacial score (nSPS) is 43.3. The maximum atomic E-state index is 6.33. The third-order valence-electron chi connectivity index (χ3n) is 4.22. The quantitative estimate of drug-likeness (QED) is 0.736. The largest absolute Gasteiger partial charge is 0.378 e. The average Bonchev–Trinajstić information content (AvgIpc) is 2.29. The smallest absolute Gasteiger partial charge is 0.0955 e. The fraction of sp³-hybridized carbons (Fsp3) is 1.00. The first kappa shape index (κ1) is 12.4. The van der Waals surface area contributed by atoms with Crippen LogP contribution in [0.4, 0.5) is 0 Å². The molecule has 0 aromatic rings. The Labute approximate surface area is 99.7 Å². The van der Waals surface area contributed by atoms with Gasteiger partial charge in [-0.05, 0) is 31.1 Å². The fourth-order valence-corrected chi connectivity index (χ4v) is 3.99. The van der Waals surface area contributed by atoms with Gasteiger partial charge in [0, 0.05) is 5.92 Å². The van der Waals surface area contributed by atoms with E-state index in [1.807, 2.05) is 0 Å². The second kappa shape index (κ2) is 4.30. The zero-order valence-corrected chi connectivity index (χ0v) is 11.3. The van der Waals surface area contributed by atoms with E-state index < -0.39 is 0 Å². The highest BCUT2D eigenvalue weighted by molar-refractivity contribution is 5.04. The summed E-state index contributed by atoms with van der Waals surface area (Å²) in [4.78, 5) is 0. The van der Waals surface area contributed by atoms with E-state index in [1.165, 1.54) is 0 Å². The Bertz CT molecular complexity index is 245. The van der Waals surface area contributed by atoms with Crippen molar-refractivity contribution in [1.82, 2.24) is 0 Å². The van der Waals surface area contributed by atoms with Gasteiger partial charge in [-0.3, -0.25) is 0 Å². The lowest BCUT2D eigenvalue weighted by Gasteiger charge is -2.42. The lowest BCUT2D eigenvalue weighted by atomic mass is 9.69. The van der Waals surface area contributed by atoms with Crippen molar-refractivity contribution in [2.45, 2.75) is 52.7 Å². The Morgan fingerprint density at radius 1 is 1.25 bits per heavy atom. The van der Waals surface area contributed by atoms with Gasteiger partial charge in [-0.1, -0.05) is 27.7 Å². The van der Waals surface area contributed by atoms with Crippen molar-refractivity contribution in [2.24, 2.45) is 23.7 Å². The predicted molar refractivity (Wildman–Crippen MR) is 65.4 cm³/mol. The standard InChI is InChI=1S/C14H26O2/c1-9(2)6-14-8-15-7-12(11(5)16-14)13(14)10(3)4/h9-13H,6-8H2,1-5H3. The van der Waals surface area contributed by atoms with Crippen LogP contribution in [0.5, 0.6) is 0 Å². The van der Waals surface area contributed by atoms with Crippen LogP contribution < -0.4 is 0 Å². The third kappa shape index (κ3) is 1.91. The van der Waals surface area contributed by atoms with Crippen molar-refractivity contribution >= 4 is 0 Å². The van der Waals surface area contributed by atoms with Crippen molar-refractivity contribution in [2.75, 3.05) is 13.2 Å². The highest BCUT2D eigenvalue weighted by atomic mass is 16.6. The van der Waals surface area contributed by atoms with Crippen LogP contribution in [-0.2, 0) is 9.47 Å². The molecule has 2 nitrogen and oxygen atoms in total. The zero-order valence-electron chi connectivity index (χ0n) is 11.3. The molecule has 0 amide bonds. The number of hydrogen-bond acceptors (Lipinski definition) is 2. The van der Waals surface area contributed by atoms with Gasteiger partial charge in [0.25, 0.3) is 0 Å². The van der Waals surface area contributed by atoms with Crippen molar-refractivity contribution in [3.05, 3.63) is 0 Å². The van der Waals surface area contributed by atoms with Crippen LogP contribution in [0.2, 0.25) is 0 Å². The molecule has 4 atom stereocenters. The molecule has 0 radical (unpaired) electrons. The fourth-order valence-electron chi connectivity index (χ4n) is 3.99. The SMILES string of the molecule is CC(C)CC12COCC(C(C)O1)C2C(C)C. The van der Waals surface area contributed by atoms with Crippen molar-refractivity contribution < 1.29 is 9.47 Å². The van der Waals surface area contributed by atoms with E-state index in [9.17, 15) is 0 Å². The topological polar surface area (TPSA) is 18.5 Å². The molecule has 2 saturated heterocycles. The molecule has 2 bridgehead atoms. The van der Waals surface area contributed by atoms with Crippen molar-refractivity contribution in [3.63, 3.8) is 0 Å². The Hall–Kier alpha value is -0.0800. The summed E-state index contributed by atoms with van der Waals surface area (Å²) in [5.74, 6) is 2.65. The van der Waals surface area contributed by atoms with E-state index in [4.69, 9.17) is 9.47 Å². The Balaban J connectivity index is 2.25. The van der Waals surface area contributed by atoms with Crippen molar-refractivity contribution in [1.29, 1.82) is 0 Å². The molecule has 2 heterocycles. The number of fused-ring (bicyclic) bond motifs is 2. The summed E-state index contributed by atoms with van der Waals surface area (Å²) in [6.07, 6.45) is 1.50. The molecule has 2 aliphatic heterocycles. The first-order valence-corrected chi connectivity index (χ1v) is 6.72. The van der Waals surface area contributed by atoms with E-state index >= 15 is 0 Å². The second-order valence-electron chi connectivity index (χ2n) is 6.43. The first-order valence-electron chi connectivity index (χ1n) is 6.72. The molecular formula is C14H26O2. The molecule has 0 aromatic carbocycles. The third-order valence-corrected chi connectivity index (χ3v) is 4.22. The minimum absolute atomic E-state index is 0.00463. The van der Waals surface area contributed by atoms with Crippen LogP contribution in [0.3, 0.4) is 0 Å². The van der Waals surface area contributed by atoms with Gasteiger partial charge in [0.05, 0.1) is 24.9 Å². The molecular weight excluding hydrogens is 200 g/mol. The molecule has 0 aliphatic carbocycles. The molecule has 2 rings (SSSR count). The maximum Gasteiger partial charge on any atom is 0.0955 e. The van der Waals surface area contributed by atoms with Gasteiger partial charge in [0.2, 0.25) is 0 Å². The number of ether oxygens (including phenoxy) is 2. The number of rotatable bonds is 3. The molecule has 0 saturated carbocycles. The van der Waals surface area contributed by atoms with Gasteiger partial charge in [0.15, 0.2) is 0 Å². The summed E-state index contributed by atoms with van der Waals surface area (Å²) in [5, 5.41) is 0. The minimum Gasteiger partial charge on any atom is -0.378 e.